The lowest BCUT2D eigenvalue weighted by Crippen LogP contribution is -2.35. The summed E-state index contributed by atoms with van der Waals surface area (Å²) in [6, 6.07) is 7.68. The molecule has 0 bridgehead atoms. The van der Waals surface area contributed by atoms with Crippen LogP contribution in [0.3, 0.4) is 0 Å². The molecule has 0 radical (unpaired) electrons. The first-order valence-corrected chi connectivity index (χ1v) is 5.76. The number of phenolic OH excluding ortho intramolecular Hbond substituents is 1. The number of ether oxygens (including phenoxy) is 1. The molecule has 1 aromatic rings. The molecule has 0 heterocycles. The monoisotopic (exact) mass is 223 g/mol. The fraction of sp³-hybridized carbons (Fsp3) is 0.538. The highest BCUT2D eigenvalue weighted by Gasteiger charge is 2.08. The highest BCUT2D eigenvalue weighted by molar-refractivity contribution is 5.26. The van der Waals surface area contributed by atoms with Gasteiger partial charge in [0.2, 0.25) is 0 Å². The molecule has 16 heavy (non-hydrogen) atoms. The molecule has 3 nitrogen and oxygen atoms in total. The average Bonchev–Trinajstić information content (AvgIpc) is 2.29. The Balaban J connectivity index is 2.49. The lowest BCUT2D eigenvalue weighted by atomic mass is 10.1. The zero-order valence-electron chi connectivity index (χ0n) is 10.1. The fourth-order valence-electron chi connectivity index (χ4n) is 1.66. The van der Waals surface area contributed by atoms with E-state index in [1.807, 2.05) is 12.1 Å². The molecule has 2 N–H and O–H groups in total. The summed E-state index contributed by atoms with van der Waals surface area (Å²) in [7, 11) is 1.72. The van der Waals surface area contributed by atoms with Gasteiger partial charge in [-0.1, -0.05) is 19.1 Å². The van der Waals surface area contributed by atoms with E-state index < -0.39 is 0 Å². The molecule has 0 aromatic heterocycles. The van der Waals surface area contributed by atoms with E-state index in [1.165, 1.54) is 5.56 Å². The van der Waals surface area contributed by atoms with Crippen LogP contribution in [0.25, 0.3) is 0 Å². The number of hydrogen-bond acceptors (Lipinski definition) is 3. The predicted molar refractivity (Wildman–Crippen MR) is 65.8 cm³/mol. The van der Waals surface area contributed by atoms with Crippen LogP contribution in [-0.2, 0) is 11.2 Å². The van der Waals surface area contributed by atoms with Crippen molar-refractivity contribution in [1.82, 2.24) is 5.32 Å². The van der Waals surface area contributed by atoms with Gasteiger partial charge in [0.25, 0.3) is 0 Å². The Morgan fingerprint density at radius 1 is 1.31 bits per heavy atom. The maximum absolute atomic E-state index is 9.20. The molecule has 0 fully saturated rings. The second-order valence-electron chi connectivity index (χ2n) is 3.98. The largest absolute Gasteiger partial charge is 0.508 e. The molecule has 0 aliphatic rings. The third-order valence-corrected chi connectivity index (χ3v) is 2.47. The molecule has 0 saturated heterocycles. The summed E-state index contributed by atoms with van der Waals surface area (Å²) in [6.07, 6.45) is 2.05. The van der Waals surface area contributed by atoms with Crippen molar-refractivity contribution in [3.63, 3.8) is 0 Å². The fourth-order valence-corrected chi connectivity index (χ4v) is 1.66. The molecular weight excluding hydrogens is 202 g/mol. The van der Waals surface area contributed by atoms with Gasteiger partial charge in [-0.05, 0) is 37.1 Å². The zero-order chi connectivity index (χ0) is 11.8. The molecule has 0 aliphatic carbocycles. The van der Waals surface area contributed by atoms with E-state index in [4.69, 9.17) is 4.74 Å². The molecule has 1 atom stereocenters. The van der Waals surface area contributed by atoms with Crippen LogP contribution in [0, 0.1) is 0 Å². The summed E-state index contributed by atoms with van der Waals surface area (Å²) >= 11 is 0. The highest BCUT2D eigenvalue weighted by atomic mass is 16.5. The number of phenols is 1. The van der Waals surface area contributed by atoms with Crippen LogP contribution in [-0.4, -0.2) is 31.4 Å². The van der Waals surface area contributed by atoms with Gasteiger partial charge in [0.1, 0.15) is 5.75 Å². The summed E-state index contributed by atoms with van der Waals surface area (Å²) in [5.74, 6) is 0.313. The summed E-state index contributed by atoms with van der Waals surface area (Å²) in [4.78, 5) is 0. The molecule has 0 aliphatic heterocycles. The van der Waals surface area contributed by atoms with Crippen molar-refractivity contribution in [2.75, 3.05) is 20.3 Å². The van der Waals surface area contributed by atoms with E-state index in [1.54, 1.807) is 19.2 Å². The van der Waals surface area contributed by atoms with Crippen LogP contribution >= 0.6 is 0 Å². The molecular formula is C13H21NO2. The first kappa shape index (κ1) is 13.0. The number of methoxy groups -OCH3 is 1. The van der Waals surface area contributed by atoms with Gasteiger partial charge in [-0.3, -0.25) is 0 Å². The SMILES string of the molecule is CCCNC(COC)Cc1ccc(O)cc1. The number of aromatic hydroxyl groups is 1. The topological polar surface area (TPSA) is 41.5 Å². The van der Waals surface area contributed by atoms with Crippen molar-refractivity contribution >= 4 is 0 Å². The van der Waals surface area contributed by atoms with E-state index in [-0.39, 0.29) is 0 Å². The normalized spacial score (nSPS) is 12.6. The highest BCUT2D eigenvalue weighted by Crippen LogP contribution is 2.11. The average molecular weight is 223 g/mol. The first-order chi connectivity index (χ1) is 7.76. The zero-order valence-corrected chi connectivity index (χ0v) is 10.1. The Bertz CT molecular complexity index is 284. The molecule has 1 unspecified atom stereocenters. The Morgan fingerprint density at radius 2 is 2.00 bits per heavy atom. The van der Waals surface area contributed by atoms with Crippen LogP contribution in [0.2, 0.25) is 0 Å². The standard InChI is InChI=1S/C13H21NO2/c1-3-8-14-12(10-16-2)9-11-4-6-13(15)7-5-11/h4-7,12,14-15H,3,8-10H2,1-2H3. The number of rotatable bonds is 7. The van der Waals surface area contributed by atoms with Gasteiger partial charge in [-0.15, -0.1) is 0 Å². The summed E-state index contributed by atoms with van der Waals surface area (Å²) in [5.41, 5.74) is 1.21. The molecule has 1 aromatic carbocycles. The maximum Gasteiger partial charge on any atom is 0.115 e. The van der Waals surface area contributed by atoms with Gasteiger partial charge in [0.05, 0.1) is 6.61 Å². The van der Waals surface area contributed by atoms with Gasteiger partial charge in [0.15, 0.2) is 0 Å². The Hall–Kier alpha value is -1.06. The van der Waals surface area contributed by atoms with E-state index in [0.717, 1.165) is 19.4 Å². The minimum atomic E-state index is 0.313. The molecule has 3 heteroatoms. The van der Waals surface area contributed by atoms with Crippen LogP contribution in [0.15, 0.2) is 24.3 Å². The van der Waals surface area contributed by atoms with Crippen molar-refractivity contribution in [1.29, 1.82) is 0 Å². The Labute approximate surface area is 97.4 Å². The number of hydrogen-bond donors (Lipinski definition) is 2. The van der Waals surface area contributed by atoms with Crippen molar-refractivity contribution < 1.29 is 9.84 Å². The van der Waals surface area contributed by atoms with Crippen LogP contribution in [0.4, 0.5) is 0 Å². The number of nitrogens with one attached hydrogen (secondary N) is 1. The summed E-state index contributed by atoms with van der Waals surface area (Å²) in [6.45, 7) is 3.87. The third-order valence-electron chi connectivity index (χ3n) is 2.47. The Kier molecular flexibility index (Phi) is 5.90. The minimum Gasteiger partial charge on any atom is -0.508 e. The molecule has 90 valence electrons. The molecule has 1 rings (SSSR count). The van der Waals surface area contributed by atoms with Crippen molar-refractivity contribution in [3.05, 3.63) is 29.8 Å². The van der Waals surface area contributed by atoms with E-state index in [0.29, 0.717) is 18.4 Å². The second-order valence-corrected chi connectivity index (χ2v) is 3.98. The van der Waals surface area contributed by atoms with Gasteiger partial charge in [-0.25, -0.2) is 0 Å². The van der Waals surface area contributed by atoms with Gasteiger partial charge in [-0.2, -0.15) is 0 Å². The van der Waals surface area contributed by atoms with Crippen LogP contribution in [0.5, 0.6) is 5.75 Å². The quantitative estimate of drug-likeness (QED) is 0.742. The third kappa shape index (κ3) is 4.64. The predicted octanol–water partition coefficient (Wildman–Crippen LogP) is 1.95. The van der Waals surface area contributed by atoms with E-state index >= 15 is 0 Å². The number of benzene rings is 1. The molecule has 0 saturated carbocycles. The van der Waals surface area contributed by atoms with Crippen molar-refractivity contribution in [2.45, 2.75) is 25.8 Å². The van der Waals surface area contributed by atoms with E-state index in [9.17, 15) is 5.11 Å². The lowest BCUT2D eigenvalue weighted by molar-refractivity contribution is 0.166. The smallest absolute Gasteiger partial charge is 0.115 e. The van der Waals surface area contributed by atoms with Gasteiger partial charge < -0.3 is 15.2 Å². The second kappa shape index (κ2) is 7.25. The van der Waals surface area contributed by atoms with Crippen LogP contribution < -0.4 is 5.32 Å². The molecule has 0 amide bonds. The van der Waals surface area contributed by atoms with Crippen molar-refractivity contribution in [3.8, 4) is 5.75 Å². The molecule has 0 spiro atoms. The summed E-state index contributed by atoms with van der Waals surface area (Å²) in [5, 5.41) is 12.6. The van der Waals surface area contributed by atoms with Gasteiger partial charge in [0, 0.05) is 13.2 Å². The van der Waals surface area contributed by atoms with E-state index in [2.05, 4.69) is 12.2 Å². The van der Waals surface area contributed by atoms with Crippen LogP contribution in [0.1, 0.15) is 18.9 Å². The van der Waals surface area contributed by atoms with Gasteiger partial charge >= 0.3 is 0 Å². The minimum absolute atomic E-state index is 0.313. The Morgan fingerprint density at radius 3 is 2.56 bits per heavy atom. The maximum atomic E-state index is 9.20. The first-order valence-electron chi connectivity index (χ1n) is 5.76. The summed E-state index contributed by atoms with van der Waals surface area (Å²) < 4.78 is 5.19. The lowest BCUT2D eigenvalue weighted by Gasteiger charge is -2.17. The van der Waals surface area contributed by atoms with Crippen molar-refractivity contribution in [2.24, 2.45) is 0 Å².